The minimum absolute atomic E-state index is 0.680. The van der Waals surface area contributed by atoms with Crippen LogP contribution in [0, 0.1) is 5.92 Å². The molecule has 102 valence electrons. The zero-order valence-corrected chi connectivity index (χ0v) is 12.5. The first-order chi connectivity index (χ1) is 8.72. The van der Waals surface area contributed by atoms with Crippen LogP contribution < -0.4 is 5.32 Å². The molecule has 2 unspecified atom stereocenters. The summed E-state index contributed by atoms with van der Waals surface area (Å²) in [4.78, 5) is 2.56. The minimum atomic E-state index is 0.680. The van der Waals surface area contributed by atoms with Gasteiger partial charge in [-0.2, -0.15) is 0 Å². The first-order valence-corrected chi connectivity index (χ1v) is 7.84. The maximum Gasteiger partial charge on any atom is 0.205 e. The van der Waals surface area contributed by atoms with Crippen LogP contribution in [0.3, 0.4) is 0 Å². The molecule has 2 rings (SSSR count). The van der Waals surface area contributed by atoms with Crippen LogP contribution in [0.25, 0.3) is 0 Å². The Labute approximate surface area is 114 Å². The highest BCUT2D eigenvalue weighted by atomic mass is 32.1. The molecular weight excluding hydrogens is 244 g/mol. The summed E-state index contributed by atoms with van der Waals surface area (Å²) in [5.41, 5.74) is 0. The predicted octanol–water partition coefficient (Wildman–Crippen LogP) is 2.98. The number of aromatic nitrogens is 2. The van der Waals surface area contributed by atoms with E-state index in [4.69, 9.17) is 0 Å². The fourth-order valence-electron chi connectivity index (χ4n) is 2.53. The lowest BCUT2D eigenvalue weighted by molar-refractivity contribution is 0.108. The van der Waals surface area contributed by atoms with Crippen molar-refractivity contribution >= 4 is 16.5 Å². The van der Waals surface area contributed by atoms with E-state index in [1.807, 2.05) is 0 Å². The SMILES string of the molecule is CCNc1nnc(CN2CC(CC)CCC2C)s1. The molecule has 2 heterocycles. The smallest absolute Gasteiger partial charge is 0.205 e. The molecule has 0 saturated carbocycles. The van der Waals surface area contributed by atoms with Gasteiger partial charge < -0.3 is 5.32 Å². The summed E-state index contributed by atoms with van der Waals surface area (Å²) < 4.78 is 0. The van der Waals surface area contributed by atoms with E-state index in [1.165, 1.54) is 25.8 Å². The highest BCUT2D eigenvalue weighted by Crippen LogP contribution is 2.26. The van der Waals surface area contributed by atoms with Crippen molar-refractivity contribution < 1.29 is 0 Å². The Bertz CT molecular complexity index is 366. The fraction of sp³-hybridized carbons (Fsp3) is 0.846. The maximum absolute atomic E-state index is 4.28. The van der Waals surface area contributed by atoms with Crippen molar-refractivity contribution in [2.75, 3.05) is 18.4 Å². The molecule has 1 aliphatic heterocycles. The summed E-state index contributed by atoms with van der Waals surface area (Å²) in [5.74, 6) is 0.863. The van der Waals surface area contributed by atoms with Crippen LogP contribution in [-0.4, -0.2) is 34.2 Å². The summed E-state index contributed by atoms with van der Waals surface area (Å²) in [6, 6.07) is 0.680. The molecule has 4 nitrogen and oxygen atoms in total. The molecule has 0 spiro atoms. The van der Waals surface area contributed by atoms with Gasteiger partial charge in [0.1, 0.15) is 5.01 Å². The summed E-state index contributed by atoms with van der Waals surface area (Å²) >= 11 is 1.69. The molecule has 0 radical (unpaired) electrons. The molecule has 1 N–H and O–H groups in total. The van der Waals surface area contributed by atoms with E-state index in [1.54, 1.807) is 11.3 Å². The van der Waals surface area contributed by atoms with E-state index < -0.39 is 0 Å². The van der Waals surface area contributed by atoms with Crippen molar-refractivity contribution in [1.82, 2.24) is 15.1 Å². The first kappa shape index (κ1) is 13.7. The third-order valence-electron chi connectivity index (χ3n) is 3.82. The van der Waals surface area contributed by atoms with E-state index in [0.29, 0.717) is 6.04 Å². The molecular formula is C13H24N4S. The van der Waals surface area contributed by atoms with Crippen LogP contribution in [-0.2, 0) is 6.54 Å². The lowest BCUT2D eigenvalue weighted by Crippen LogP contribution is -2.40. The Morgan fingerprint density at radius 2 is 2.17 bits per heavy atom. The molecule has 0 aliphatic carbocycles. The van der Waals surface area contributed by atoms with Gasteiger partial charge in [0.25, 0.3) is 0 Å². The Morgan fingerprint density at radius 3 is 2.89 bits per heavy atom. The molecule has 18 heavy (non-hydrogen) atoms. The number of nitrogens with one attached hydrogen (secondary N) is 1. The third kappa shape index (κ3) is 3.42. The number of rotatable bonds is 5. The van der Waals surface area contributed by atoms with Crippen LogP contribution in [0.15, 0.2) is 0 Å². The highest BCUT2D eigenvalue weighted by molar-refractivity contribution is 7.15. The van der Waals surface area contributed by atoms with Gasteiger partial charge in [-0.15, -0.1) is 10.2 Å². The number of piperidine rings is 1. The van der Waals surface area contributed by atoms with E-state index in [-0.39, 0.29) is 0 Å². The van der Waals surface area contributed by atoms with Gasteiger partial charge in [0.05, 0.1) is 6.54 Å². The van der Waals surface area contributed by atoms with E-state index >= 15 is 0 Å². The van der Waals surface area contributed by atoms with Gasteiger partial charge in [0.15, 0.2) is 0 Å². The largest absolute Gasteiger partial charge is 0.360 e. The van der Waals surface area contributed by atoms with Gasteiger partial charge in [-0.3, -0.25) is 4.90 Å². The summed E-state index contributed by atoms with van der Waals surface area (Å²) in [6.07, 6.45) is 3.99. The Morgan fingerprint density at radius 1 is 1.33 bits per heavy atom. The van der Waals surface area contributed by atoms with Gasteiger partial charge in [0, 0.05) is 19.1 Å². The molecule has 1 saturated heterocycles. The number of nitrogens with zero attached hydrogens (tertiary/aromatic N) is 3. The zero-order valence-electron chi connectivity index (χ0n) is 11.6. The topological polar surface area (TPSA) is 41.1 Å². The lowest BCUT2D eigenvalue weighted by Gasteiger charge is -2.37. The second-order valence-electron chi connectivity index (χ2n) is 5.16. The molecule has 1 aliphatic rings. The van der Waals surface area contributed by atoms with Crippen molar-refractivity contribution in [1.29, 1.82) is 0 Å². The van der Waals surface area contributed by atoms with Gasteiger partial charge >= 0.3 is 0 Å². The molecule has 0 bridgehead atoms. The van der Waals surface area contributed by atoms with Gasteiger partial charge in [-0.1, -0.05) is 24.7 Å². The van der Waals surface area contributed by atoms with Crippen molar-refractivity contribution in [2.45, 2.75) is 52.6 Å². The van der Waals surface area contributed by atoms with Crippen molar-refractivity contribution in [3.63, 3.8) is 0 Å². The zero-order chi connectivity index (χ0) is 13.0. The lowest BCUT2D eigenvalue weighted by atomic mass is 9.92. The van der Waals surface area contributed by atoms with E-state index in [9.17, 15) is 0 Å². The van der Waals surface area contributed by atoms with E-state index in [0.717, 1.165) is 29.1 Å². The molecule has 1 aromatic heterocycles. The van der Waals surface area contributed by atoms with Crippen LogP contribution in [0.4, 0.5) is 5.13 Å². The third-order valence-corrected chi connectivity index (χ3v) is 4.69. The number of hydrogen-bond acceptors (Lipinski definition) is 5. The first-order valence-electron chi connectivity index (χ1n) is 7.03. The van der Waals surface area contributed by atoms with Crippen molar-refractivity contribution in [3.05, 3.63) is 5.01 Å². The van der Waals surface area contributed by atoms with Crippen molar-refractivity contribution in [3.8, 4) is 0 Å². The van der Waals surface area contributed by atoms with Gasteiger partial charge in [-0.25, -0.2) is 0 Å². The average molecular weight is 268 g/mol. The second kappa shape index (κ2) is 6.48. The Kier molecular flexibility index (Phi) is 4.95. The fourth-order valence-corrected chi connectivity index (χ4v) is 3.36. The molecule has 5 heteroatoms. The normalized spacial score (nSPS) is 25.3. The Balaban J connectivity index is 1.93. The molecule has 1 aromatic rings. The number of anilines is 1. The molecule has 2 atom stereocenters. The molecule has 0 aromatic carbocycles. The van der Waals surface area contributed by atoms with Crippen LogP contribution >= 0.6 is 11.3 Å². The van der Waals surface area contributed by atoms with Crippen LogP contribution in [0.2, 0.25) is 0 Å². The second-order valence-corrected chi connectivity index (χ2v) is 6.22. The monoisotopic (exact) mass is 268 g/mol. The van der Waals surface area contributed by atoms with Gasteiger partial charge in [0.2, 0.25) is 5.13 Å². The summed E-state index contributed by atoms with van der Waals surface area (Å²) in [5, 5.41) is 13.7. The predicted molar refractivity (Wildman–Crippen MR) is 77.0 cm³/mol. The minimum Gasteiger partial charge on any atom is -0.360 e. The molecule has 0 amide bonds. The number of likely N-dealkylation sites (tertiary alicyclic amines) is 1. The maximum atomic E-state index is 4.28. The average Bonchev–Trinajstić information content (AvgIpc) is 2.80. The standard InChI is InChI=1S/C13H24N4S/c1-4-11-7-6-10(3)17(8-11)9-12-15-16-13(18-12)14-5-2/h10-11H,4-9H2,1-3H3,(H,14,16). The number of hydrogen-bond donors (Lipinski definition) is 1. The molecule has 1 fully saturated rings. The quantitative estimate of drug-likeness (QED) is 0.891. The van der Waals surface area contributed by atoms with Crippen molar-refractivity contribution in [2.24, 2.45) is 5.92 Å². The van der Waals surface area contributed by atoms with Crippen LogP contribution in [0.5, 0.6) is 0 Å². The summed E-state index contributed by atoms with van der Waals surface area (Å²) in [6.45, 7) is 9.80. The highest BCUT2D eigenvalue weighted by Gasteiger charge is 2.25. The van der Waals surface area contributed by atoms with Crippen LogP contribution in [0.1, 0.15) is 45.0 Å². The Hall–Kier alpha value is -0.680. The summed E-state index contributed by atoms with van der Waals surface area (Å²) in [7, 11) is 0. The van der Waals surface area contributed by atoms with E-state index in [2.05, 4.69) is 41.2 Å². The van der Waals surface area contributed by atoms with Gasteiger partial charge in [-0.05, 0) is 32.6 Å².